The Morgan fingerprint density at radius 2 is 2.06 bits per heavy atom. The van der Waals surface area contributed by atoms with Crippen molar-refractivity contribution in [3.05, 3.63) is 23.3 Å². The molecule has 0 saturated heterocycles. The number of hydrogen-bond donors (Lipinski definition) is 1. The maximum absolute atomic E-state index is 11.3. The van der Waals surface area contributed by atoms with Crippen LogP contribution < -0.4 is 0 Å². The van der Waals surface area contributed by atoms with Gasteiger partial charge in [-0.1, -0.05) is 38.5 Å². The monoisotopic (exact) mass is 234 g/mol. The highest BCUT2D eigenvalue weighted by Gasteiger charge is 2.39. The lowest BCUT2D eigenvalue weighted by Gasteiger charge is -2.23. The fourth-order valence-corrected chi connectivity index (χ4v) is 3.32. The first-order chi connectivity index (χ1) is 8.00. The fraction of sp³-hybridized carbons (Fsp3) is 0.667. The van der Waals surface area contributed by atoms with Gasteiger partial charge >= 0.3 is 5.97 Å². The Morgan fingerprint density at radius 1 is 1.35 bits per heavy atom. The van der Waals surface area contributed by atoms with Gasteiger partial charge in [-0.2, -0.15) is 0 Å². The van der Waals surface area contributed by atoms with Crippen LogP contribution in [-0.4, -0.2) is 11.1 Å². The van der Waals surface area contributed by atoms with Crippen molar-refractivity contribution in [2.24, 2.45) is 23.7 Å². The summed E-state index contributed by atoms with van der Waals surface area (Å²) in [6.45, 7) is 6.66. The van der Waals surface area contributed by atoms with Crippen LogP contribution in [0.5, 0.6) is 0 Å². The molecule has 2 aliphatic carbocycles. The first kappa shape index (κ1) is 12.4. The second-order valence-corrected chi connectivity index (χ2v) is 5.85. The van der Waals surface area contributed by atoms with Crippen molar-refractivity contribution >= 4 is 5.97 Å². The maximum Gasteiger partial charge on any atom is 0.331 e. The smallest absolute Gasteiger partial charge is 0.331 e. The van der Waals surface area contributed by atoms with Crippen LogP contribution in [0.4, 0.5) is 0 Å². The SMILES string of the molecule is CC(C)C1=CC=C(C(=O)O)C2CCC(C)C2C1. The average Bonchev–Trinajstić information content (AvgIpc) is 2.51. The number of allylic oxidation sites excluding steroid dienone is 3. The number of rotatable bonds is 2. The number of aliphatic carboxylic acids is 1. The molecule has 1 fully saturated rings. The van der Waals surface area contributed by atoms with Crippen LogP contribution in [-0.2, 0) is 4.79 Å². The molecule has 2 rings (SSSR count). The Morgan fingerprint density at radius 3 is 2.65 bits per heavy atom. The van der Waals surface area contributed by atoms with E-state index in [1.807, 2.05) is 6.08 Å². The van der Waals surface area contributed by atoms with Crippen LogP contribution in [0.3, 0.4) is 0 Å². The van der Waals surface area contributed by atoms with Gasteiger partial charge in [-0.25, -0.2) is 4.79 Å². The van der Waals surface area contributed by atoms with E-state index in [9.17, 15) is 9.90 Å². The van der Waals surface area contributed by atoms with Crippen molar-refractivity contribution < 1.29 is 9.90 Å². The standard InChI is InChI=1S/C15H22O2/c1-9(2)11-5-7-13(15(16)17)12-6-4-10(3)14(12)8-11/h5,7,9-10,12,14H,4,6,8H2,1-3H3,(H,16,17). The molecule has 0 amide bonds. The zero-order valence-corrected chi connectivity index (χ0v) is 10.9. The minimum Gasteiger partial charge on any atom is -0.478 e. The van der Waals surface area contributed by atoms with Gasteiger partial charge in [0.25, 0.3) is 0 Å². The molecular weight excluding hydrogens is 212 g/mol. The molecule has 94 valence electrons. The number of carboxylic acid groups (broad SMARTS) is 1. The Hall–Kier alpha value is -1.05. The van der Waals surface area contributed by atoms with Crippen LogP contribution in [0.25, 0.3) is 0 Å². The van der Waals surface area contributed by atoms with Crippen LogP contribution in [0.1, 0.15) is 40.0 Å². The van der Waals surface area contributed by atoms with E-state index < -0.39 is 5.97 Å². The van der Waals surface area contributed by atoms with E-state index in [2.05, 4.69) is 26.8 Å². The van der Waals surface area contributed by atoms with Gasteiger partial charge in [-0.15, -0.1) is 0 Å². The van der Waals surface area contributed by atoms with Gasteiger partial charge in [0, 0.05) is 5.57 Å². The predicted octanol–water partition coefficient (Wildman–Crippen LogP) is 3.65. The number of fused-ring (bicyclic) bond motifs is 1. The molecule has 0 bridgehead atoms. The third-order valence-electron chi connectivity index (χ3n) is 4.52. The quantitative estimate of drug-likeness (QED) is 0.792. The second kappa shape index (κ2) is 4.67. The van der Waals surface area contributed by atoms with Crippen LogP contribution in [0.15, 0.2) is 23.3 Å². The first-order valence-corrected chi connectivity index (χ1v) is 6.64. The van der Waals surface area contributed by atoms with Crippen molar-refractivity contribution in [1.29, 1.82) is 0 Å². The van der Waals surface area contributed by atoms with E-state index in [4.69, 9.17) is 0 Å². The molecule has 0 aromatic carbocycles. The average molecular weight is 234 g/mol. The second-order valence-electron chi connectivity index (χ2n) is 5.85. The molecule has 1 saturated carbocycles. The molecule has 0 heterocycles. The highest BCUT2D eigenvalue weighted by molar-refractivity contribution is 5.87. The molecule has 1 N–H and O–H groups in total. The van der Waals surface area contributed by atoms with Crippen molar-refractivity contribution in [1.82, 2.24) is 0 Å². The summed E-state index contributed by atoms with van der Waals surface area (Å²) < 4.78 is 0. The highest BCUT2D eigenvalue weighted by Crippen LogP contribution is 2.46. The molecule has 3 atom stereocenters. The van der Waals surface area contributed by atoms with Gasteiger partial charge < -0.3 is 5.11 Å². The summed E-state index contributed by atoms with van der Waals surface area (Å²) in [5, 5.41) is 9.32. The lowest BCUT2D eigenvalue weighted by Crippen LogP contribution is -2.19. The van der Waals surface area contributed by atoms with E-state index in [-0.39, 0.29) is 5.92 Å². The maximum atomic E-state index is 11.3. The zero-order chi connectivity index (χ0) is 12.6. The van der Waals surface area contributed by atoms with E-state index in [1.165, 1.54) is 12.0 Å². The molecule has 0 aromatic heterocycles. The zero-order valence-electron chi connectivity index (χ0n) is 10.9. The lowest BCUT2D eigenvalue weighted by atomic mass is 9.81. The molecule has 2 nitrogen and oxygen atoms in total. The highest BCUT2D eigenvalue weighted by atomic mass is 16.4. The summed E-state index contributed by atoms with van der Waals surface area (Å²) in [6.07, 6.45) is 7.21. The van der Waals surface area contributed by atoms with Gasteiger partial charge in [0.1, 0.15) is 0 Å². The number of hydrogen-bond acceptors (Lipinski definition) is 1. The lowest BCUT2D eigenvalue weighted by molar-refractivity contribution is -0.133. The van der Waals surface area contributed by atoms with E-state index in [0.29, 0.717) is 23.3 Å². The first-order valence-electron chi connectivity index (χ1n) is 6.64. The summed E-state index contributed by atoms with van der Waals surface area (Å²) in [6, 6.07) is 0. The summed E-state index contributed by atoms with van der Waals surface area (Å²) in [5.41, 5.74) is 2.04. The van der Waals surface area contributed by atoms with Crippen molar-refractivity contribution in [3.63, 3.8) is 0 Å². The molecule has 0 radical (unpaired) electrons. The molecule has 0 aliphatic heterocycles. The Kier molecular flexibility index (Phi) is 3.41. The van der Waals surface area contributed by atoms with Crippen molar-refractivity contribution in [3.8, 4) is 0 Å². The number of carbonyl (C=O) groups is 1. The van der Waals surface area contributed by atoms with E-state index in [1.54, 1.807) is 0 Å². The minimum absolute atomic E-state index is 0.273. The molecule has 2 heteroatoms. The normalized spacial score (nSPS) is 32.8. The van der Waals surface area contributed by atoms with Gasteiger partial charge in [-0.3, -0.25) is 0 Å². The van der Waals surface area contributed by atoms with Crippen LogP contribution in [0, 0.1) is 23.7 Å². The van der Waals surface area contributed by atoms with Gasteiger partial charge in [0.05, 0.1) is 0 Å². The van der Waals surface area contributed by atoms with E-state index in [0.717, 1.165) is 12.8 Å². The fourth-order valence-electron chi connectivity index (χ4n) is 3.32. The van der Waals surface area contributed by atoms with Gasteiger partial charge in [0.2, 0.25) is 0 Å². The number of carboxylic acids is 1. The molecule has 0 aromatic rings. The summed E-state index contributed by atoms with van der Waals surface area (Å²) in [4.78, 5) is 11.3. The Balaban J connectivity index is 2.34. The summed E-state index contributed by atoms with van der Waals surface area (Å²) in [7, 11) is 0. The van der Waals surface area contributed by atoms with Crippen molar-refractivity contribution in [2.75, 3.05) is 0 Å². The largest absolute Gasteiger partial charge is 0.478 e. The Labute approximate surface area is 103 Å². The third-order valence-corrected chi connectivity index (χ3v) is 4.52. The predicted molar refractivity (Wildman–Crippen MR) is 68.6 cm³/mol. The van der Waals surface area contributed by atoms with Crippen LogP contribution in [0.2, 0.25) is 0 Å². The molecule has 0 spiro atoms. The third kappa shape index (κ3) is 2.31. The molecule has 17 heavy (non-hydrogen) atoms. The van der Waals surface area contributed by atoms with Gasteiger partial charge in [0.15, 0.2) is 0 Å². The molecule has 3 unspecified atom stereocenters. The summed E-state index contributed by atoms with van der Waals surface area (Å²) in [5.74, 6) is 1.26. The van der Waals surface area contributed by atoms with Crippen molar-refractivity contribution in [2.45, 2.75) is 40.0 Å². The molecule has 2 aliphatic rings. The minimum atomic E-state index is -0.727. The summed E-state index contributed by atoms with van der Waals surface area (Å²) >= 11 is 0. The Bertz CT molecular complexity index is 376. The topological polar surface area (TPSA) is 37.3 Å². The van der Waals surface area contributed by atoms with Crippen LogP contribution >= 0.6 is 0 Å². The molecular formula is C15H22O2. The van der Waals surface area contributed by atoms with Gasteiger partial charge in [-0.05, 0) is 42.9 Å². The van der Waals surface area contributed by atoms with E-state index >= 15 is 0 Å².